The van der Waals surface area contributed by atoms with Crippen LogP contribution in [0.4, 0.5) is 17.1 Å². The Bertz CT molecular complexity index is 801. The van der Waals surface area contributed by atoms with Crippen LogP contribution < -0.4 is 15.5 Å². The molecule has 0 unspecified atom stereocenters. The molecule has 124 valence electrons. The predicted molar refractivity (Wildman–Crippen MR) is 96.4 cm³/mol. The van der Waals surface area contributed by atoms with E-state index in [1.807, 2.05) is 57.2 Å². The molecule has 0 bridgehead atoms. The Morgan fingerprint density at radius 3 is 2.75 bits per heavy atom. The minimum Gasteiger partial charge on any atom is -0.374 e. The highest BCUT2D eigenvalue weighted by Crippen LogP contribution is 2.29. The molecule has 0 spiro atoms. The lowest BCUT2D eigenvalue weighted by Crippen LogP contribution is -2.47. The van der Waals surface area contributed by atoms with Crippen molar-refractivity contribution in [3.8, 4) is 0 Å². The fourth-order valence-electron chi connectivity index (χ4n) is 2.85. The van der Waals surface area contributed by atoms with Gasteiger partial charge in [-0.2, -0.15) is 0 Å². The molecule has 1 atom stereocenters. The van der Waals surface area contributed by atoms with Gasteiger partial charge in [-0.3, -0.25) is 14.5 Å². The number of benzene rings is 2. The first-order chi connectivity index (χ1) is 11.5. The zero-order valence-corrected chi connectivity index (χ0v) is 14.1. The second-order valence-corrected chi connectivity index (χ2v) is 6.17. The Balaban J connectivity index is 1.83. The number of nitrogens with one attached hydrogen (secondary N) is 2. The van der Waals surface area contributed by atoms with Crippen LogP contribution in [0.3, 0.4) is 0 Å². The quantitative estimate of drug-likeness (QED) is 0.912. The van der Waals surface area contributed by atoms with E-state index in [1.54, 1.807) is 6.07 Å². The number of carbonyl (C=O) groups is 2. The summed E-state index contributed by atoms with van der Waals surface area (Å²) in [6.45, 7) is 5.87. The lowest BCUT2D eigenvalue weighted by atomic mass is 10.1. The molecule has 0 saturated heterocycles. The molecular weight excluding hydrogens is 302 g/mol. The number of fused-ring (bicyclic) bond motifs is 1. The monoisotopic (exact) mass is 323 g/mol. The van der Waals surface area contributed by atoms with Crippen LogP contribution in [0.5, 0.6) is 0 Å². The van der Waals surface area contributed by atoms with Crippen molar-refractivity contribution in [2.45, 2.75) is 26.8 Å². The van der Waals surface area contributed by atoms with Gasteiger partial charge < -0.3 is 10.6 Å². The molecule has 2 aromatic rings. The van der Waals surface area contributed by atoms with Crippen molar-refractivity contribution in [2.75, 3.05) is 22.1 Å². The van der Waals surface area contributed by atoms with Crippen LogP contribution in [0, 0.1) is 13.8 Å². The number of hydrogen-bond acceptors (Lipinski definition) is 3. The number of hydrogen-bond donors (Lipinski definition) is 2. The van der Waals surface area contributed by atoms with E-state index in [4.69, 9.17) is 0 Å². The zero-order chi connectivity index (χ0) is 17.3. The molecule has 24 heavy (non-hydrogen) atoms. The van der Waals surface area contributed by atoms with Crippen molar-refractivity contribution < 1.29 is 9.59 Å². The topological polar surface area (TPSA) is 61.4 Å². The third-order valence-electron chi connectivity index (χ3n) is 4.17. The largest absolute Gasteiger partial charge is 0.374 e. The fraction of sp³-hybridized carbons (Fsp3) is 0.263. The summed E-state index contributed by atoms with van der Waals surface area (Å²) in [6.07, 6.45) is 0. The van der Waals surface area contributed by atoms with Crippen molar-refractivity contribution in [3.63, 3.8) is 0 Å². The summed E-state index contributed by atoms with van der Waals surface area (Å²) < 4.78 is 0. The van der Waals surface area contributed by atoms with Gasteiger partial charge in [-0.1, -0.05) is 24.3 Å². The number of aryl methyl sites for hydroxylation is 2. The van der Waals surface area contributed by atoms with E-state index < -0.39 is 6.04 Å². The average molecular weight is 323 g/mol. The molecule has 1 aliphatic rings. The molecule has 5 nitrogen and oxygen atoms in total. The first kappa shape index (κ1) is 16.1. The van der Waals surface area contributed by atoms with E-state index in [-0.39, 0.29) is 18.4 Å². The van der Waals surface area contributed by atoms with Crippen molar-refractivity contribution >= 4 is 28.9 Å². The number of rotatable bonds is 3. The number of carbonyl (C=O) groups excluding carboxylic acids is 2. The smallest absolute Gasteiger partial charge is 0.249 e. The second-order valence-electron chi connectivity index (χ2n) is 6.17. The maximum Gasteiger partial charge on any atom is 0.249 e. The highest BCUT2D eigenvalue weighted by molar-refractivity contribution is 6.11. The Morgan fingerprint density at radius 2 is 1.96 bits per heavy atom. The number of nitrogens with zero attached hydrogens (tertiary/aromatic N) is 1. The summed E-state index contributed by atoms with van der Waals surface area (Å²) >= 11 is 0. The SMILES string of the molecule is Cc1ccc(C)c(N[C@H](C)C(=O)N2CC(=O)Nc3ccccc32)c1. The van der Waals surface area contributed by atoms with Crippen molar-refractivity contribution in [1.82, 2.24) is 0 Å². The zero-order valence-electron chi connectivity index (χ0n) is 14.1. The van der Waals surface area contributed by atoms with Crippen LogP contribution in [0.2, 0.25) is 0 Å². The molecule has 0 radical (unpaired) electrons. The molecule has 2 amide bonds. The van der Waals surface area contributed by atoms with Gasteiger partial charge in [0.1, 0.15) is 12.6 Å². The van der Waals surface area contributed by atoms with Crippen LogP contribution in [-0.2, 0) is 9.59 Å². The van der Waals surface area contributed by atoms with E-state index in [1.165, 1.54) is 4.90 Å². The second kappa shape index (κ2) is 6.35. The van der Waals surface area contributed by atoms with E-state index >= 15 is 0 Å². The normalized spacial score (nSPS) is 14.6. The lowest BCUT2D eigenvalue weighted by molar-refractivity contribution is -0.122. The van der Waals surface area contributed by atoms with Gasteiger partial charge in [0.05, 0.1) is 11.4 Å². The van der Waals surface area contributed by atoms with Gasteiger partial charge in [-0.25, -0.2) is 0 Å². The molecule has 1 aliphatic heterocycles. The van der Waals surface area contributed by atoms with Crippen LogP contribution in [0.15, 0.2) is 42.5 Å². The Labute approximate surface area is 141 Å². The molecule has 2 N–H and O–H groups in total. The first-order valence-electron chi connectivity index (χ1n) is 8.00. The van der Waals surface area contributed by atoms with Crippen LogP contribution >= 0.6 is 0 Å². The first-order valence-corrected chi connectivity index (χ1v) is 8.00. The van der Waals surface area contributed by atoms with E-state index in [0.717, 1.165) is 22.5 Å². The average Bonchev–Trinajstić information content (AvgIpc) is 2.56. The Kier molecular flexibility index (Phi) is 4.25. The molecule has 0 saturated carbocycles. The minimum absolute atomic E-state index is 0.0364. The number of anilines is 3. The summed E-state index contributed by atoms with van der Waals surface area (Å²) in [5.41, 5.74) is 4.55. The van der Waals surface area contributed by atoms with Crippen LogP contribution in [0.1, 0.15) is 18.1 Å². The van der Waals surface area contributed by atoms with Gasteiger partial charge in [0.25, 0.3) is 0 Å². The van der Waals surface area contributed by atoms with Crippen molar-refractivity contribution in [1.29, 1.82) is 0 Å². The molecule has 2 aromatic carbocycles. The summed E-state index contributed by atoms with van der Waals surface area (Å²) in [6, 6.07) is 13.0. The van der Waals surface area contributed by atoms with Gasteiger partial charge >= 0.3 is 0 Å². The van der Waals surface area contributed by atoms with Crippen LogP contribution in [-0.4, -0.2) is 24.4 Å². The highest BCUT2D eigenvalue weighted by Gasteiger charge is 2.29. The van der Waals surface area contributed by atoms with Gasteiger partial charge in [0.15, 0.2) is 0 Å². The Hall–Kier alpha value is -2.82. The molecule has 1 heterocycles. The van der Waals surface area contributed by atoms with Gasteiger partial charge in [0.2, 0.25) is 11.8 Å². The van der Waals surface area contributed by atoms with Gasteiger partial charge in [-0.15, -0.1) is 0 Å². The van der Waals surface area contributed by atoms with E-state index in [0.29, 0.717) is 5.69 Å². The summed E-state index contributed by atoms with van der Waals surface area (Å²) in [5, 5.41) is 6.07. The van der Waals surface area contributed by atoms with E-state index in [9.17, 15) is 9.59 Å². The Morgan fingerprint density at radius 1 is 1.21 bits per heavy atom. The number of para-hydroxylation sites is 2. The summed E-state index contributed by atoms with van der Waals surface area (Å²) in [4.78, 5) is 26.3. The van der Waals surface area contributed by atoms with Crippen LogP contribution in [0.25, 0.3) is 0 Å². The molecule has 5 heteroatoms. The third kappa shape index (κ3) is 3.11. The maximum absolute atomic E-state index is 12.9. The molecule has 0 aromatic heterocycles. The molecule has 3 rings (SSSR count). The molecule has 0 fully saturated rings. The maximum atomic E-state index is 12.9. The predicted octanol–water partition coefficient (Wildman–Crippen LogP) is 3.09. The third-order valence-corrected chi connectivity index (χ3v) is 4.17. The number of amides is 2. The van der Waals surface area contributed by atoms with Gasteiger partial charge in [0, 0.05) is 5.69 Å². The fourth-order valence-corrected chi connectivity index (χ4v) is 2.85. The molecular formula is C19H21N3O2. The summed E-state index contributed by atoms with van der Waals surface area (Å²) in [7, 11) is 0. The highest BCUT2D eigenvalue weighted by atomic mass is 16.2. The van der Waals surface area contributed by atoms with Crippen molar-refractivity contribution in [3.05, 3.63) is 53.6 Å². The van der Waals surface area contributed by atoms with E-state index in [2.05, 4.69) is 10.6 Å². The standard InChI is InChI=1S/C19H21N3O2/c1-12-8-9-13(2)16(10-12)20-14(3)19(24)22-11-18(23)21-15-6-4-5-7-17(15)22/h4-10,14,20H,11H2,1-3H3,(H,21,23)/t14-/m1/s1. The minimum atomic E-state index is -0.440. The molecule has 0 aliphatic carbocycles. The van der Waals surface area contributed by atoms with Crippen molar-refractivity contribution in [2.24, 2.45) is 0 Å². The van der Waals surface area contributed by atoms with Gasteiger partial charge in [-0.05, 0) is 50.1 Å². The summed E-state index contributed by atoms with van der Waals surface area (Å²) in [5.74, 6) is -0.306. The lowest BCUT2D eigenvalue weighted by Gasteiger charge is -2.31.